The number of aliphatic hydroxyl groups is 3. The first-order valence-corrected chi connectivity index (χ1v) is 4.88. The number of benzene rings is 1. The molecule has 5 N–H and O–H groups in total. The van der Waals surface area contributed by atoms with Crippen LogP contribution in [0.5, 0.6) is 0 Å². The van der Waals surface area contributed by atoms with Crippen LogP contribution in [0.1, 0.15) is 11.7 Å². The van der Waals surface area contributed by atoms with Crippen molar-refractivity contribution < 1.29 is 20.2 Å². The van der Waals surface area contributed by atoms with Crippen molar-refractivity contribution in [1.82, 2.24) is 0 Å². The molecule has 0 aliphatic rings. The number of para-hydroxylation sites is 1. The summed E-state index contributed by atoms with van der Waals surface area (Å²) < 4.78 is 0. The van der Waals surface area contributed by atoms with E-state index in [1.54, 1.807) is 0 Å². The van der Waals surface area contributed by atoms with Crippen molar-refractivity contribution >= 4 is 18.1 Å². The normalized spacial score (nSPS) is 12.7. The van der Waals surface area contributed by atoms with Gasteiger partial charge in [0.2, 0.25) is 0 Å². The van der Waals surface area contributed by atoms with Crippen LogP contribution in [0.4, 0.5) is 5.69 Å². The molecule has 0 spiro atoms. The molecule has 18 heavy (non-hydrogen) atoms. The van der Waals surface area contributed by atoms with Gasteiger partial charge in [0.15, 0.2) is 0 Å². The molecule has 8 heteroatoms. The Bertz CT molecular complexity index is 411. The van der Waals surface area contributed by atoms with Gasteiger partial charge in [0.1, 0.15) is 6.10 Å². The average Bonchev–Trinajstić information content (AvgIpc) is 2.36. The molecule has 1 aromatic rings. The lowest BCUT2D eigenvalue weighted by molar-refractivity contribution is -0.386. The van der Waals surface area contributed by atoms with Crippen molar-refractivity contribution in [3.05, 3.63) is 39.9 Å². The minimum absolute atomic E-state index is 0. The molecule has 0 radical (unpaired) electrons. The van der Waals surface area contributed by atoms with Crippen LogP contribution < -0.4 is 5.73 Å². The van der Waals surface area contributed by atoms with Gasteiger partial charge >= 0.3 is 0 Å². The van der Waals surface area contributed by atoms with Crippen molar-refractivity contribution in [3.8, 4) is 0 Å². The zero-order valence-electron chi connectivity index (χ0n) is 9.39. The Hall–Kier alpha value is -1.25. The van der Waals surface area contributed by atoms with Crippen LogP contribution in [0.2, 0.25) is 0 Å². The number of halogens is 1. The smallest absolute Gasteiger partial charge is 0.275 e. The minimum Gasteiger partial charge on any atom is -0.394 e. The number of nitro benzene ring substituents is 1. The van der Waals surface area contributed by atoms with E-state index in [4.69, 9.17) is 15.9 Å². The third-order valence-electron chi connectivity index (χ3n) is 2.56. The summed E-state index contributed by atoms with van der Waals surface area (Å²) in [6.45, 7) is -1.40. The molecule has 0 fully saturated rings. The van der Waals surface area contributed by atoms with Crippen molar-refractivity contribution in [1.29, 1.82) is 0 Å². The van der Waals surface area contributed by atoms with Crippen molar-refractivity contribution in [2.45, 2.75) is 11.6 Å². The topological polar surface area (TPSA) is 130 Å². The van der Waals surface area contributed by atoms with Gasteiger partial charge in [0.05, 0.1) is 29.2 Å². The van der Waals surface area contributed by atoms with Gasteiger partial charge < -0.3 is 21.1 Å². The van der Waals surface area contributed by atoms with Crippen LogP contribution in [-0.4, -0.2) is 39.0 Å². The second-order valence-corrected chi connectivity index (χ2v) is 3.77. The van der Waals surface area contributed by atoms with Crippen LogP contribution in [0, 0.1) is 10.1 Å². The molecule has 1 atom stereocenters. The van der Waals surface area contributed by atoms with Crippen molar-refractivity contribution in [3.63, 3.8) is 0 Å². The molecule has 0 heterocycles. The van der Waals surface area contributed by atoms with Gasteiger partial charge in [-0.05, 0) is 6.07 Å². The largest absolute Gasteiger partial charge is 0.394 e. The lowest BCUT2D eigenvalue weighted by Gasteiger charge is -2.30. The maximum Gasteiger partial charge on any atom is 0.275 e. The van der Waals surface area contributed by atoms with Crippen LogP contribution in [0.25, 0.3) is 0 Å². The fourth-order valence-corrected chi connectivity index (χ4v) is 1.42. The number of rotatable bonds is 5. The lowest BCUT2D eigenvalue weighted by atomic mass is 9.89. The Kier molecular flexibility index (Phi) is 6.16. The first-order valence-electron chi connectivity index (χ1n) is 4.88. The molecule has 1 aromatic carbocycles. The zero-order chi connectivity index (χ0) is 13.1. The summed E-state index contributed by atoms with van der Waals surface area (Å²) in [4.78, 5) is 10.1. The molecular formula is C10H15ClN2O5. The van der Waals surface area contributed by atoms with E-state index in [0.29, 0.717) is 0 Å². The molecule has 0 bridgehead atoms. The predicted octanol–water partition coefficient (Wildman–Crippen LogP) is -0.268. The highest BCUT2D eigenvalue weighted by atomic mass is 35.5. The fourth-order valence-electron chi connectivity index (χ4n) is 1.42. The van der Waals surface area contributed by atoms with Gasteiger partial charge in [-0.1, -0.05) is 12.1 Å². The van der Waals surface area contributed by atoms with Crippen molar-refractivity contribution in [2.24, 2.45) is 5.73 Å². The molecule has 0 saturated heterocycles. The number of nitro groups is 1. The first-order chi connectivity index (χ1) is 7.96. The molecule has 0 amide bonds. The number of nitrogens with zero attached hydrogens (tertiary/aromatic N) is 1. The Balaban J connectivity index is 0.00000289. The summed E-state index contributed by atoms with van der Waals surface area (Å²) >= 11 is 0. The highest BCUT2D eigenvalue weighted by Gasteiger charge is 2.37. The van der Waals surface area contributed by atoms with Gasteiger partial charge in [-0.2, -0.15) is 0 Å². The summed E-state index contributed by atoms with van der Waals surface area (Å²) in [5, 5.41) is 38.7. The predicted molar refractivity (Wildman–Crippen MR) is 66.4 cm³/mol. The quantitative estimate of drug-likeness (QED) is 0.433. The fraction of sp³-hybridized carbons (Fsp3) is 0.400. The van der Waals surface area contributed by atoms with Crippen LogP contribution in [-0.2, 0) is 0 Å². The molecular weight excluding hydrogens is 264 g/mol. The van der Waals surface area contributed by atoms with E-state index in [1.807, 2.05) is 0 Å². The Morgan fingerprint density at radius 3 is 2.28 bits per heavy atom. The molecule has 0 aliphatic heterocycles. The highest BCUT2D eigenvalue weighted by Crippen LogP contribution is 2.30. The summed E-state index contributed by atoms with van der Waals surface area (Å²) in [6.07, 6.45) is -1.53. The van der Waals surface area contributed by atoms with E-state index >= 15 is 0 Å². The maximum atomic E-state index is 10.8. The van der Waals surface area contributed by atoms with Crippen molar-refractivity contribution in [2.75, 3.05) is 13.2 Å². The van der Waals surface area contributed by atoms with E-state index in [1.165, 1.54) is 24.3 Å². The van der Waals surface area contributed by atoms with Gasteiger partial charge in [0, 0.05) is 6.07 Å². The summed E-state index contributed by atoms with van der Waals surface area (Å²) in [5.74, 6) is 0. The standard InChI is InChI=1S/C10H14N2O5.ClH/c11-10(5-13,6-14)9(15)7-3-1-2-4-8(7)12(16)17;/h1-4,9,13-15H,5-6,11H2;1H. The molecule has 1 unspecified atom stereocenters. The first kappa shape index (κ1) is 16.8. The molecule has 7 nitrogen and oxygen atoms in total. The van der Waals surface area contributed by atoms with Gasteiger partial charge in [-0.25, -0.2) is 0 Å². The Morgan fingerprint density at radius 1 is 1.33 bits per heavy atom. The summed E-state index contributed by atoms with van der Waals surface area (Å²) in [7, 11) is 0. The SMILES string of the molecule is Cl.NC(CO)(CO)C(O)c1ccccc1[N+](=O)[O-]. The third-order valence-corrected chi connectivity index (χ3v) is 2.56. The average molecular weight is 279 g/mol. The van der Waals surface area contributed by atoms with Gasteiger partial charge in [-0.3, -0.25) is 10.1 Å². The maximum absolute atomic E-state index is 10.8. The van der Waals surface area contributed by atoms with Gasteiger partial charge in [0.25, 0.3) is 5.69 Å². The van der Waals surface area contributed by atoms with E-state index in [0.717, 1.165) is 0 Å². The van der Waals surface area contributed by atoms with E-state index in [9.17, 15) is 15.2 Å². The molecule has 1 rings (SSSR count). The number of hydrogen-bond donors (Lipinski definition) is 4. The number of hydrogen-bond acceptors (Lipinski definition) is 6. The number of nitrogens with two attached hydrogens (primary N) is 1. The monoisotopic (exact) mass is 278 g/mol. The molecule has 102 valence electrons. The van der Waals surface area contributed by atoms with E-state index in [2.05, 4.69) is 0 Å². The third kappa shape index (κ3) is 3.15. The zero-order valence-corrected chi connectivity index (χ0v) is 10.2. The minimum atomic E-state index is -1.72. The molecule has 0 aromatic heterocycles. The van der Waals surface area contributed by atoms with Gasteiger partial charge in [-0.15, -0.1) is 12.4 Å². The van der Waals surface area contributed by atoms with E-state index in [-0.39, 0.29) is 23.7 Å². The Labute approximate surface area is 109 Å². The Morgan fingerprint density at radius 2 is 1.83 bits per heavy atom. The summed E-state index contributed by atoms with van der Waals surface area (Å²) in [6, 6.07) is 5.49. The second kappa shape index (κ2) is 6.62. The van der Waals surface area contributed by atoms with Crippen LogP contribution in [0.15, 0.2) is 24.3 Å². The number of aliphatic hydroxyl groups excluding tert-OH is 3. The van der Waals surface area contributed by atoms with Crippen LogP contribution in [0.3, 0.4) is 0 Å². The molecule has 0 aliphatic carbocycles. The summed E-state index contributed by atoms with van der Waals surface area (Å²) in [5.41, 5.74) is 3.51. The molecule has 0 saturated carbocycles. The highest BCUT2D eigenvalue weighted by molar-refractivity contribution is 5.85. The lowest BCUT2D eigenvalue weighted by Crippen LogP contribution is -2.52. The van der Waals surface area contributed by atoms with E-state index < -0.39 is 29.8 Å². The second-order valence-electron chi connectivity index (χ2n) is 3.77. The van der Waals surface area contributed by atoms with Crippen LogP contribution >= 0.6 is 12.4 Å².